The van der Waals surface area contributed by atoms with Crippen molar-refractivity contribution in [2.75, 3.05) is 34.6 Å². The first-order valence-electron chi connectivity index (χ1n) is 9.46. The average Bonchev–Trinajstić information content (AvgIpc) is 3.38. The van der Waals surface area contributed by atoms with Crippen LogP contribution in [0.4, 0.5) is 21.3 Å². The number of carbonyl (C=O) groups is 2. The van der Waals surface area contributed by atoms with E-state index in [2.05, 4.69) is 15.0 Å². The smallest absolute Gasteiger partial charge is 0.325 e. The Hall–Kier alpha value is -3.15. The molecule has 3 aromatic rings. The van der Waals surface area contributed by atoms with Gasteiger partial charge < -0.3 is 10.2 Å². The van der Waals surface area contributed by atoms with E-state index in [4.69, 9.17) is 11.6 Å². The van der Waals surface area contributed by atoms with Gasteiger partial charge in [0.15, 0.2) is 5.13 Å². The fourth-order valence-corrected chi connectivity index (χ4v) is 5.13. The highest BCUT2D eigenvalue weighted by atomic mass is 35.5. The zero-order chi connectivity index (χ0) is 22.7. The van der Waals surface area contributed by atoms with Crippen molar-refractivity contribution in [1.82, 2.24) is 9.88 Å². The summed E-state index contributed by atoms with van der Waals surface area (Å²) in [5.74, 6) is -0.386. The number of halogens is 1. The second kappa shape index (κ2) is 9.15. The van der Waals surface area contributed by atoms with E-state index in [0.717, 1.165) is 0 Å². The second-order valence-electron chi connectivity index (χ2n) is 6.85. The molecule has 32 heavy (non-hydrogen) atoms. The number of benzene rings is 2. The Kier molecular flexibility index (Phi) is 6.31. The molecule has 1 fully saturated rings. The summed E-state index contributed by atoms with van der Waals surface area (Å²) in [6, 6.07) is 12.4. The van der Waals surface area contributed by atoms with Crippen molar-refractivity contribution in [3.63, 3.8) is 0 Å². The number of nitrogens with zero attached hydrogens (tertiary/aromatic N) is 3. The summed E-state index contributed by atoms with van der Waals surface area (Å²) >= 11 is 7.17. The molecule has 0 radical (unpaired) electrons. The molecule has 2 heterocycles. The fourth-order valence-electron chi connectivity index (χ4n) is 3.15. The van der Waals surface area contributed by atoms with Crippen LogP contribution in [-0.2, 0) is 14.8 Å². The molecule has 0 bridgehead atoms. The minimum atomic E-state index is -3.77. The zero-order valence-electron chi connectivity index (χ0n) is 16.6. The van der Waals surface area contributed by atoms with Gasteiger partial charge in [0.2, 0.25) is 5.91 Å². The Morgan fingerprint density at radius 3 is 2.62 bits per heavy atom. The van der Waals surface area contributed by atoms with Crippen LogP contribution in [0.15, 0.2) is 65.0 Å². The first-order chi connectivity index (χ1) is 15.3. The molecule has 1 aromatic heterocycles. The van der Waals surface area contributed by atoms with Gasteiger partial charge >= 0.3 is 6.03 Å². The van der Waals surface area contributed by atoms with E-state index >= 15 is 0 Å². The molecular formula is C20H18ClN5O4S2. The summed E-state index contributed by atoms with van der Waals surface area (Å²) in [7, 11) is -3.77. The summed E-state index contributed by atoms with van der Waals surface area (Å²) in [6.07, 6.45) is 1.50. The number of thiazole rings is 1. The maximum absolute atomic E-state index is 12.6. The molecule has 1 saturated heterocycles. The van der Waals surface area contributed by atoms with Gasteiger partial charge in [-0.05, 0) is 42.5 Å². The molecule has 1 aliphatic rings. The summed E-state index contributed by atoms with van der Waals surface area (Å²) in [4.78, 5) is 32.0. The molecule has 9 nitrogen and oxygen atoms in total. The number of hydrogen-bond donors (Lipinski definition) is 2. The minimum Gasteiger partial charge on any atom is -0.325 e. The Bertz CT molecular complexity index is 1230. The van der Waals surface area contributed by atoms with E-state index in [1.807, 2.05) is 0 Å². The van der Waals surface area contributed by atoms with E-state index in [1.165, 1.54) is 46.7 Å². The van der Waals surface area contributed by atoms with Crippen LogP contribution in [0.2, 0.25) is 5.02 Å². The number of nitrogens with one attached hydrogen (secondary N) is 2. The maximum Gasteiger partial charge on any atom is 0.325 e. The number of rotatable bonds is 7. The lowest BCUT2D eigenvalue weighted by atomic mass is 10.3. The van der Waals surface area contributed by atoms with Gasteiger partial charge in [0, 0.05) is 41.1 Å². The van der Waals surface area contributed by atoms with Crippen molar-refractivity contribution in [1.29, 1.82) is 0 Å². The van der Waals surface area contributed by atoms with E-state index in [9.17, 15) is 18.0 Å². The lowest BCUT2D eigenvalue weighted by Gasteiger charge is -2.18. The monoisotopic (exact) mass is 491 g/mol. The summed E-state index contributed by atoms with van der Waals surface area (Å²) in [6.45, 7) is 0.727. The first-order valence-corrected chi connectivity index (χ1v) is 12.2. The molecule has 2 aromatic carbocycles. The average molecular weight is 492 g/mol. The Labute approximate surface area is 193 Å². The summed E-state index contributed by atoms with van der Waals surface area (Å²) in [5, 5.41) is 5.14. The van der Waals surface area contributed by atoms with E-state index < -0.39 is 10.0 Å². The van der Waals surface area contributed by atoms with Crippen LogP contribution in [0, 0.1) is 0 Å². The Balaban J connectivity index is 1.35. The van der Waals surface area contributed by atoms with Crippen LogP contribution in [0.25, 0.3) is 0 Å². The topological polar surface area (TPSA) is 112 Å². The SMILES string of the molecule is O=C(CN1CCN(c2cccc(Cl)c2)C1=O)Nc1ccc(S(=O)(=O)Nc2nccs2)cc1. The molecule has 0 spiro atoms. The first kappa shape index (κ1) is 22.1. The Morgan fingerprint density at radius 2 is 1.94 bits per heavy atom. The quantitative estimate of drug-likeness (QED) is 0.525. The van der Waals surface area contributed by atoms with Crippen LogP contribution < -0.4 is 14.9 Å². The standard InChI is InChI=1S/C20H18ClN5O4S2/c21-14-2-1-3-16(12-14)26-10-9-25(20(26)28)13-18(27)23-15-4-6-17(7-5-15)32(29,30)24-19-22-8-11-31-19/h1-8,11-12H,9-10,13H2,(H,22,24)(H,23,27). The molecule has 4 rings (SSSR count). The number of anilines is 3. The van der Waals surface area contributed by atoms with Crippen molar-refractivity contribution < 1.29 is 18.0 Å². The molecule has 0 unspecified atom stereocenters. The highest BCUT2D eigenvalue weighted by Crippen LogP contribution is 2.24. The third-order valence-electron chi connectivity index (χ3n) is 4.65. The molecule has 1 aliphatic heterocycles. The number of sulfonamides is 1. The third-order valence-corrected chi connectivity index (χ3v) is 7.06. The number of urea groups is 1. The van der Waals surface area contributed by atoms with Gasteiger partial charge in [-0.15, -0.1) is 11.3 Å². The van der Waals surface area contributed by atoms with Gasteiger partial charge in [0.05, 0.1) is 4.90 Å². The predicted octanol–water partition coefficient (Wildman–Crippen LogP) is 3.48. The van der Waals surface area contributed by atoms with E-state index in [-0.39, 0.29) is 28.5 Å². The van der Waals surface area contributed by atoms with Gasteiger partial charge in [-0.25, -0.2) is 18.2 Å². The van der Waals surface area contributed by atoms with E-state index in [1.54, 1.807) is 34.5 Å². The summed E-state index contributed by atoms with van der Waals surface area (Å²) in [5.41, 5.74) is 1.09. The molecule has 3 amide bonds. The van der Waals surface area contributed by atoms with Crippen LogP contribution in [0.5, 0.6) is 0 Å². The van der Waals surface area contributed by atoms with Crippen molar-refractivity contribution >= 4 is 61.4 Å². The van der Waals surface area contributed by atoms with Gasteiger partial charge in [0.25, 0.3) is 10.0 Å². The van der Waals surface area contributed by atoms with Crippen molar-refractivity contribution in [2.45, 2.75) is 4.90 Å². The van der Waals surface area contributed by atoms with Crippen LogP contribution >= 0.6 is 22.9 Å². The largest absolute Gasteiger partial charge is 0.325 e. The number of hydrogen-bond acceptors (Lipinski definition) is 6. The molecule has 12 heteroatoms. The number of carbonyl (C=O) groups excluding carboxylic acids is 2. The minimum absolute atomic E-state index is 0.0394. The van der Waals surface area contributed by atoms with Crippen molar-refractivity contribution in [3.05, 3.63) is 65.1 Å². The van der Waals surface area contributed by atoms with Crippen molar-refractivity contribution in [2.24, 2.45) is 0 Å². The van der Waals surface area contributed by atoms with Gasteiger partial charge in [-0.1, -0.05) is 17.7 Å². The summed E-state index contributed by atoms with van der Waals surface area (Å²) < 4.78 is 27.1. The molecule has 0 aliphatic carbocycles. The lowest BCUT2D eigenvalue weighted by molar-refractivity contribution is -0.116. The molecule has 0 atom stereocenters. The van der Waals surface area contributed by atoms with Crippen LogP contribution in [0.1, 0.15) is 0 Å². The highest BCUT2D eigenvalue weighted by molar-refractivity contribution is 7.93. The van der Waals surface area contributed by atoms with Crippen LogP contribution in [-0.4, -0.2) is 49.9 Å². The second-order valence-corrected chi connectivity index (χ2v) is 9.86. The maximum atomic E-state index is 12.6. The molecule has 166 valence electrons. The Morgan fingerprint density at radius 1 is 1.16 bits per heavy atom. The highest BCUT2D eigenvalue weighted by Gasteiger charge is 2.31. The predicted molar refractivity (Wildman–Crippen MR) is 124 cm³/mol. The van der Waals surface area contributed by atoms with Gasteiger partial charge in [0.1, 0.15) is 6.54 Å². The normalized spacial score (nSPS) is 14.0. The molecule has 0 saturated carbocycles. The zero-order valence-corrected chi connectivity index (χ0v) is 19.0. The van der Waals surface area contributed by atoms with Crippen LogP contribution in [0.3, 0.4) is 0 Å². The molecule has 2 N–H and O–H groups in total. The lowest BCUT2D eigenvalue weighted by Crippen LogP contribution is -2.37. The molecular weight excluding hydrogens is 474 g/mol. The number of amides is 3. The third kappa shape index (κ3) is 5.01. The van der Waals surface area contributed by atoms with E-state index in [0.29, 0.717) is 29.5 Å². The van der Waals surface area contributed by atoms with Crippen molar-refractivity contribution in [3.8, 4) is 0 Å². The van der Waals surface area contributed by atoms with Gasteiger partial charge in [-0.2, -0.15) is 0 Å². The fraction of sp³-hybridized carbons (Fsp3) is 0.150. The number of aromatic nitrogens is 1. The van der Waals surface area contributed by atoms with Gasteiger partial charge in [-0.3, -0.25) is 14.4 Å².